The molecule has 0 saturated heterocycles. The van der Waals surface area contributed by atoms with Crippen molar-refractivity contribution in [2.45, 2.75) is 50.2 Å². The summed E-state index contributed by atoms with van der Waals surface area (Å²) < 4.78 is 6.87. The lowest BCUT2D eigenvalue weighted by Gasteiger charge is -2.19. The Hall–Kier alpha value is -2.12. The summed E-state index contributed by atoms with van der Waals surface area (Å²) in [6.07, 6.45) is 8.05. The number of benzene rings is 1. The Morgan fingerprint density at radius 3 is 2.93 bits per heavy atom. The van der Waals surface area contributed by atoms with Crippen molar-refractivity contribution in [1.82, 2.24) is 14.9 Å². The Bertz CT molecular complexity index is 939. The Kier molecular flexibility index (Phi) is 7.89. The van der Waals surface area contributed by atoms with Gasteiger partial charge in [0, 0.05) is 13.7 Å². The molecule has 7 heteroatoms. The molecular formula is C22H29N3O3S. The van der Waals surface area contributed by atoms with Crippen LogP contribution in [0.2, 0.25) is 0 Å². The number of amides is 1. The van der Waals surface area contributed by atoms with Crippen LogP contribution in [0.4, 0.5) is 0 Å². The number of carbonyl (C=O) groups excluding carboxylic acids is 1. The van der Waals surface area contributed by atoms with Crippen LogP contribution >= 0.6 is 11.8 Å². The van der Waals surface area contributed by atoms with Crippen molar-refractivity contribution in [1.29, 1.82) is 0 Å². The van der Waals surface area contributed by atoms with Crippen LogP contribution in [0, 0.1) is 0 Å². The van der Waals surface area contributed by atoms with Gasteiger partial charge in [0.1, 0.15) is 0 Å². The van der Waals surface area contributed by atoms with Gasteiger partial charge in [-0.05, 0) is 51.2 Å². The molecule has 0 radical (unpaired) electrons. The Balaban J connectivity index is 1.68. The molecule has 0 bridgehead atoms. The van der Waals surface area contributed by atoms with Crippen LogP contribution in [0.15, 0.2) is 45.9 Å². The van der Waals surface area contributed by atoms with Crippen molar-refractivity contribution in [3.05, 3.63) is 46.3 Å². The molecule has 156 valence electrons. The maximum Gasteiger partial charge on any atom is 0.262 e. The third-order valence-electron chi connectivity index (χ3n) is 5.11. The molecule has 0 saturated carbocycles. The molecule has 6 nitrogen and oxygen atoms in total. The summed E-state index contributed by atoms with van der Waals surface area (Å²) in [5.74, 6) is 0.184. The maximum atomic E-state index is 13.0. The van der Waals surface area contributed by atoms with Crippen molar-refractivity contribution < 1.29 is 9.53 Å². The average Bonchev–Trinajstić information content (AvgIpc) is 2.73. The standard InChI is InChI=1S/C22H29N3O3S/c1-16(14-28-2)25-21(27)18-10-6-7-11-19(18)24-22(25)29-15-20(26)23-13-12-17-8-4-3-5-9-17/h6-8,10-11,16H,3-5,9,12-15H2,1-2H3,(H,23,26)/t16-/m1/s1. The number of ether oxygens (including phenoxy) is 1. The van der Waals surface area contributed by atoms with E-state index in [1.807, 2.05) is 25.1 Å². The largest absolute Gasteiger partial charge is 0.383 e. The van der Waals surface area contributed by atoms with Crippen LogP contribution < -0.4 is 10.9 Å². The van der Waals surface area contributed by atoms with Gasteiger partial charge in [0.25, 0.3) is 5.56 Å². The molecule has 1 amide bonds. The Labute approximate surface area is 175 Å². The normalized spacial score (nSPS) is 15.2. The van der Waals surface area contributed by atoms with Gasteiger partial charge in [-0.2, -0.15) is 0 Å². The first-order valence-electron chi connectivity index (χ1n) is 10.2. The zero-order chi connectivity index (χ0) is 20.6. The second-order valence-corrected chi connectivity index (χ2v) is 8.33. The molecule has 1 heterocycles. The van der Waals surface area contributed by atoms with E-state index in [1.165, 1.54) is 30.2 Å². The molecule has 1 aliphatic rings. The maximum absolute atomic E-state index is 13.0. The molecule has 0 unspecified atom stereocenters. The monoisotopic (exact) mass is 415 g/mol. The number of carbonyl (C=O) groups is 1. The fraction of sp³-hybridized carbons (Fsp3) is 0.500. The molecule has 0 aliphatic heterocycles. The van der Waals surface area contributed by atoms with E-state index < -0.39 is 0 Å². The summed E-state index contributed by atoms with van der Waals surface area (Å²) >= 11 is 1.29. The molecule has 3 rings (SSSR count). The molecule has 1 aliphatic carbocycles. The minimum absolute atomic E-state index is 0.0419. The first kappa shape index (κ1) is 21.6. The summed E-state index contributed by atoms with van der Waals surface area (Å²) in [5.41, 5.74) is 1.99. The van der Waals surface area contributed by atoms with Crippen LogP contribution in [0.5, 0.6) is 0 Å². The number of para-hydroxylation sites is 1. The predicted octanol–water partition coefficient (Wildman–Crippen LogP) is 3.70. The van der Waals surface area contributed by atoms with Crippen molar-refractivity contribution in [2.24, 2.45) is 0 Å². The number of hydrogen-bond acceptors (Lipinski definition) is 5. The van der Waals surface area contributed by atoms with E-state index in [1.54, 1.807) is 17.7 Å². The number of hydrogen-bond donors (Lipinski definition) is 1. The molecule has 1 atom stereocenters. The second-order valence-electron chi connectivity index (χ2n) is 7.39. The second kappa shape index (κ2) is 10.6. The first-order chi connectivity index (χ1) is 14.1. The van der Waals surface area contributed by atoms with Gasteiger partial charge in [-0.3, -0.25) is 14.2 Å². The SMILES string of the molecule is COC[C@@H](C)n1c(SCC(=O)NCCC2=CCCCC2)nc2ccccc2c1=O. The van der Waals surface area contributed by atoms with Gasteiger partial charge in [0.15, 0.2) is 5.16 Å². The predicted molar refractivity (Wildman–Crippen MR) is 117 cm³/mol. The zero-order valence-corrected chi connectivity index (χ0v) is 18.0. The molecular weight excluding hydrogens is 386 g/mol. The minimum Gasteiger partial charge on any atom is -0.383 e. The zero-order valence-electron chi connectivity index (χ0n) is 17.1. The molecule has 0 fully saturated rings. The van der Waals surface area contributed by atoms with E-state index in [9.17, 15) is 9.59 Å². The fourth-order valence-electron chi connectivity index (χ4n) is 3.61. The quantitative estimate of drug-likeness (QED) is 0.384. The number of nitrogens with one attached hydrogen (secondary N) is 1. The highest BCUT2D eigenvalue weighted by atomic mass is 32.2. The lowest BCUT2D eigenvalue weighted by atomic mass is 9.97. The summed E-state index contributed by atoms with van der Waals surface area (Å²) in [7, 11) is 1.61. The van der Waals surface area contributed by atoms with Crippen LogP contribution in [-0.2, 0) is 9.53 Å². The van der Waals surface area contributed by atoms with Gasteiger partial charge in [0.2, 0.25) is 5.91 Å². The highest BCUT2D eigenvalue weighted by Crippen LogP contribution is 2.22. The van der Waals surface area contributed by atoms with Crippen LogP contribution in [0.1, 0.15) is 45.1 Å². The highest BCUT2D eigenvalue weighted by molar-refractivity contribution is 7.99. The molecule has 0 spiro atoms. The summed E-state index contributed by atoms with van der Waals surface area (Å²) in [6.45, 7) is 2.97. The number of fused-ring (bicyclic) bond motifs is 1. The number of aromatic nitrogens is 2. The van der Waals surface area contributed by atoms with Gasteiger partial charge in [-0.25, -0.2) is 4.98 Å². The van der Waals surface area contributed by atoms with Crippen LogP contribution in [0.25, 0.3) is 10.9 Å². The Morgan fingerprint density at radius 2 is 2.17 bits per heavy atom. The van der Waals surface area contributed by atoms with Crippen LogP contribution in [0.3, 0.4) is 0 Å². The molecule has 1 N–H and O–H groups in total. The van der Waals surface area contributed by atoms with Crippen molar-refractivity contribution in [3.8, 4) is 0 Å². The lowest BCUT2D eigenvalue weighted by molar-refractivity contribution is -0.118. The van der Waals surface area contributed by atoms with Gasteiger partial charge in [-0.1, -0.05) is 35.5 Å². The minimum atomic E-state index is -0.173. The van der Waals surface area contributed by atoms with Crippen molar-refractivity contribution in [3.63, 3.8) is 0 Å². The summed E-state index contributed by atoms with van der Waals surface area (Å²) in [5, 5.41) is 4.10. The number of nitrogens with zero attached hydrogens (tertiary/aromatic N) is 2. The van der Waals surface area contributed by atoms with E-state index in [4.69, 9.17) is 4.74 Å². The van der Waals surface area contributed by atoms with Crippen molar-refractivity contribution in [2.75, 3.05) is 26.0 Å². The number of thioether (sulfide) groups is 1. The van der Waals surface area contributed by atoms with Gasteiger partial charge in [-0.15, -0.1) is 0 Å². The number of methoxy groups -OCH3 is 1. The van der Waals surface area contributed by atoms with Gasteiger partial charge in [0.05, 0.1) is 29.3 Å². The molecule has 2 aromatic rings. The average molecular weight is 416 g/mol. The van der Waals surface area contributed by atoms with Gasteiger partial charge < -0.3 is 10.1 Å². The summed E-state index contributed by atoms with van der Waals surface area (Å²) in [4.78, 5) is 30.0. The lowest BCUT2D eigenvalue weighted by Crippen LogP contribution is -2.30. The van der Waals surface area contributed by atoms with E-state index in [2.05, 4.69) is 16.4 Å². The van der Waals surface area contributed by atoms with Crippen LogP contribution in [-0.4, -0.2) is 41.5 Å². The van der Waals surface area contributed by atoms with E-state index in [0.717, 1.165) is 19.3 Å². The van der Waals surface area contributed by atoms with E-state index in [-0.39, 0.29) is 23.3 Å². The Morgan fingerprint density at radius 1 is 1.34 bits per heavy atom. The third-order valence-corrected chi connectivity index (χ3v) is 6.06. The topological polar surface area (TPSA) is 73.2 Å². The fourth-order valence-corrected chi connectivity index (χ4v) is 4.53. The molecule has 29 heavy (non-hydrogen) atoms. The number of rotatable bonds is 9. The van der Waals surface area contributed by atoms with Gasteiger partial charge >= 0.3 is 0 Å². The first-order valence-corrected chi connectivity index (χ1v) is 11.2. The highest BCUT2D eigenvalue weighted by Gasteiger charge is 2.17. The molecule has 1 aromatic heterocycles. The van der Waals surface area contributed by atoms with E-state index >= 15 is 0 Å². The number of allylic oxidation sites excluding steroid dienone is 1. The molecule has 1 aromatic carbocycles. The van der Waals surface area contributed by atoms with E-state index in [0.29, 0.717) is 29.2 Å². The van der Waals surface area contributed by atoms with Crippen molar-refractivity contribution >= 4 is 28.6 Å². The summed E-state index contributed by atoms with van der Waals surface area (Å²) in [6, 6.07) is 7.12. The third kappa shape index (κ3) is 5.70. The smallest absolute Gasteiger partial charge is 0.262 e.